The van der Waals surface area contributed by atoms with Gasteiger partial charge in [-0.05, 0) is 35.9 Å². The van der Waals surface area contributed by atoms with E-state index in [-0.39, 0.29) is 5.56 Å². The minimum atomic E-state index is -4.52. The van der Waals surface area contributed by atoms with Gasteiger partial charge in [0.15, 0.2) is 0 Å². The number of methoxy groups -OCH3 is 1. The number of carbonyl (C=O) groups is 1. The average molecular weight is 389 g/mol. The van der Waals surface area contributed by atoms with Crippen LogP contribution in [0.25, 0.3) is 0 Å². The molecule has 2 aromatic carbocycles. The molecule has 3 aromatic rings. The number of rotatable bonds is 5. The lowest BCUT2D eigenvalue weighted by Gasteiger charge is -2.20. The number of amides is 1. The van der Waals surface area contributed by atoms with Crippen molar-refractivity contribution in [2.75, 3.05) is 7.11 Å². The van der Waals surface area contributed by atoms with Crippen LogP contribution < -0.4 is 10.1 Å². The molecule has 1 N–H and O–H groups in total. The Kier molecular flexibility index (Phi) is 5.39. The molecule has 0 aliphatic carbocycles. The van der Waals surface area contributed by atoms with Crippen LogP contribution in [0.2, 0.25) is 0 Å². The van der Waals surface area contributed by atoms with E-state index in [0.29, 0.717) is 11.6 Å². The van der Waals surface area contributed by atoms with Crippen molar-refractivity contribution in [3.8, 4) is 5.75 Å². The van der Waals surface area contributed by atoms with E-state index >= 15 is 0 Å². The molecule has 0 fully saturated rings. The van der Waals surface area contributed by atoms with Crippen LogP contribution in [0, 0.1) is 0 Å². The van der Waals surface area contributed by atoms with Crippen LogP contribution in [0.1, 0.15) is 33.4 Å². The van der Waals surface area contributed by atoms with Gasteiger partial charge in [-0.25, -0.2) is 4.98 Å². The second kappa shape index (κ2) is 7.75. The topological polar surface area (TPSA) is 56.1 Å². The van der Waals surface area contributed by atoms with E-state index in [1.807, 2.05) is 0 Å². The molecule has 1 atom stereocenters. The van der Waals surface area contributed by atoms with Crippen LogP contribution in [-0.2, 0) is 13.2 Å². The summed E-state index contributed by atoms with van der Waals surface area (Å²) in [6.45, 7) is 0. The zero-order valence-electron chi connectivity index (χ0n) is 15.2. The molecular weight excluding hydrogens is 371 g/mol. The molecule has 0 radical (unpaired) electrons. The molecule has 28 heavy (non-hydrogen) atoms. The van der Waals surface area contributed by atoms with E-state index in [9.17, 15) is 18.0 Å². The number of hydrogen-bond donors (Lipinski definition) is 1. The molecule has 0 saturated heterocycles. The molecule has 0 saturated carbocycles. The van der Waals surface area contributed by atoms with Gasteiger partial charge in [-0.2, -0.15) is 13.2 Å². The first-order chi connectivity index (χ1) is 13.3. The summed E-state index contributed by atoms with van der Waals surface area (Å²) in [4.78, 5) is 17.0. The van der Waals surface area contributed by atoms with Gasteiger partial charge in [0.1, 0.15) is 17.6 Å². The predicted octanol–water partition coefficient (Wildman–Crippen LogP) is 3.97. The zero-order valence-corrected chi connectivity index (χ0v) is 15.2. The van der Waals surface area contributed by atoms with Crippen LogP contribution in [-0.4, -0.2) is 22.6 Å². The molecule has 1 heterocycles. The summed E-state index contributed by atoms with van der Waals surface area (Å²) in [5, 5.41) is 2.78. The SMILES string of the molecule is COc1ccc(C(NC(=O)c2cccc(C(F)(F)F)c2)c2nccn2C)cc1. The Morgan fingerprint density at radius 3 is 2.46 bits per heavy atom. The fourth-order valence-electron chi connectivity index (χ4n) is 2.80. The normalized spacial score (nSPS) is 12.5. The van der Waals surface area contributed by atoms with Gasteiger partial charge in [0.25, 0.3) is 5.91 Å². The third-order valence-corrected chi connectivity index (χ3v) is 4.29. The summed E-state index contributed by atoms with van der Waals surface area (Å²) in [6, 6.07) is 10.7. The van der Waals surface area contributed by atoms with Crippen molar-refractivity contribution in [3.63, 3.8) is 0 Å². The molecule has 8 heteroatoms. The minimum Gasteiger partial charge on any atom is -0.497 e. The van der Waals surface area contributed by atoms with Gasteiger partial charge in [-0.3, -0.25) is 4.79 Å². The van der Waals surface area contributed by atoms with E-state index in [1.54, 1.807) is 55.4 Å². The van der Waals surface area contributed by atoms with E-state index in [1.165, 1.54) is 12.1 Å². The molecule has 0 bridgehead atoms. The Hall–Kier alpha value is -3.29. The maximum atomic E-state index is 12.9. The van der Waals surface area contributed by atoms with Gasteiger partial charge in [-0.15, -0.1) is 0 Å². The van der Waals surface area contributed by atoms with Gasteiger partial charge < -0.3 is 14.6 Å². The standard InChI is InChI=1S/C20H18F3N3O2/c1-26-11-10-24-18(26)17(13-6-8-16(28-2)9-7-13)25-19(27)14-4-3-5-15(12-14)20(21,22)23/h3-12,17H,1-2H3,(H,25,27). The quantitative estimate of drug-likeness (QED) is 0.719. The highest BCUT2D eigenvalue weighted by molar-refractivity contribution is 5.94. The fraction of sp³-hybridized carbons (Fsp3) is 0.200. The number of benzene rings is 2. The maximum absolute atomic E-state index is 12.9. The molecule has 0 aliphatic rings. The Balaban J connectivity index is 1.93. The van der Waals surface area contributed by atoms with Crippen LogP contribution in [0.3, 0.4) is 0 Å². The third-order valence-electron chi connectivity index (χ3n) is 4.29. The van der Waals surface area contributed by atoms with Crippen molar-refractivity contribution in [1.29, 1.82) is 0 Å². The van der Waals surface area contributed by atoms with Crippen molar-refractivity contribution < 1.29 is 22.7 Å². The molecule has 5 nitrogen and oxygen atoms in total. The molecular formula is C20H18F3N3O2. The molecule has 146 valence electrons. The number of hydrogen-bond acceptors (Lipinski definition) is 3. The van der Waals surface area contributed by atoms with Crippen molar-refractivity contribution >= 4 is 5.91 Å². The first-order valence-corrected chi connectivity index (χ1v) is 8.39. The predicted molar refractivity (Wildman–Crippen MR) is 97.0 cm³/mol. The first kappa shape index (κ1) is 19.5. The summed E-state index contributed by atoms with van der Waals surface area (Å²) in [5.41, 5.74) is -0.240. The molecule has 1 unspecified atom stereocenters. The van der Waals surface area contributed by atoms with Crippen molar-refractivity contribution in [3.05, 3.63) is 83.4 Å². The number of halogens is 3. The van der Waals surface area contributed by atoms with E-state index in [0.717, 1.165) is 17.7 Å². The summed E-state index contributed by atoms with van der Waals surface area (Å²) >= 11 is 0. The Bertz CT molecular complexity index is 965. The number of aromatic nitrogens is 2. The molecule has 3 rings (SSSR count). The summed E-state index contributed by atoms with van der Waals surface area (Å²) in [5.74, 6) is 0.562. The Morgan fingerprint density at radius 2 is 1.89 bits per heavy atom. The van der Waals surface area contributed by atoms with Crippen LogP contribution in [0.4, 0.5) is 13.2 Å². The Morgan fingerprint density at radius 1 is 1.18 bits per heavy atom. The smallest absolute Gasteiger partial charge is 0.416 e. The van der Waals surface area contributed by atoms with E-state index < -0.39 is 23.7 Å². The molecule has 0 spiro atoms. The van der Waals surface area contributed by atoms with Gasteiger partial charge in [-0.1, -0.05) is 18.2 Å². The van der Waals surface area contributed by atoms with Crippen LogP contribution in [0.15, 0.2) is 60.9 Å². The van der Waals surface area contributed by atoms with Gasteiger partial charge >= 0.3 is 6.18 Å². The lowest BCUT2D eigenvalue weighted by Crippen LogP contribution is -2.31. The minimum absolute atomic E-state index is 0.0810. The average Bonchev–Trinajstić information content (AvgIpc) is 3.11. The highest BCUT2D eigenvalue weighted by Gasteiger charge is 2.31. The van der Waals surface area contributed by atoms with Crippen molar-refractivity contribution in [2.45, 2.75) is 12.2 Å². The highest BCUT2D eigenvalue weighted by Crippen LogP contribution is 2.30. The number of aryl methyl sites for hydroxylation is 1. The number of ether oxygens (including phenoxy) is 1. The maximum Gasteiger partial charge on any atom is 0.416 e. The molecule has 1 aromatic heterocycles. The summed E-state index contributed by atoms with van der Waals surface area (Å²) in [6.07, 6.45) is -1.21. The zero-order chi connectivity index (χ0) is 20.3. The lowest BCUT2D eigenvalue weighted by molar-refractivity contribution is -0.137. The van der Waals surface area contributed by atoms with Crippen LogP contribution in [0.5, 0.6) is 5.75 Å². The highest BCUT2D eigenvalue weighted by atomic mass is 19.4. The number of carbonyl (C=O) groups excluding carboxylic acids is 1. The van der Waals surface area contributed by atoms with Crippen molar-refractivity contribution in [1.82, 2.24) is 14.9 Å². The fourth-order valence-corrected chi connectivity index (χ4v) is 2.80. The van der Waals surface area contributed by atoms with Gasteiger partial charge in [0.05, 0.1) is 12.7 Å². The van der Waals surface area contributed by atoms with Gasteiger partial charge in [0.2, 0.25) is 0 Å². The van der Waals surface area contributed by atoms with Crippen molar-refractivity contribution in [2.24, 2.45) is 7.05 Å². The molecule has 0 aliphatic heterocycles. The number of nitrogens with one attached hydrogen (secondary N) is 1. The number of nitrogens with zero attached hydrogens (tertiary/aromatic N) is 2. The number of alkyl halides is 3. The van der Waals surface area contributed by atoms with E-state index in [4.69, 9.17) is 4.74 Å². The van der Waals surface area contributed by atoms with Crippen LogP contribution >= 0.6 is 0 Å². The van der Waals surface area contributed by atoms with E-state index in [2.05, 4.69) is 10.3 Å². The Labute approximate surface area is 159 Å². The first-order valence-electron chi connectivity index (χ1n) is 8.39. The monoisotopic (exact) mass is 389 g/mol. The number of imidazole rings is 1. The summed E-state index contributed by atoms with van der Waals surface area (Å²) in [7, 11) is 3.32. The molecule has 1 amide bonds. The lowest BCUT2D eigenvalue weighted by atomic mass is 10.0. The largest absolute Gasteiger partial charge is 0.497 e. The second-order valence-corrected chi connectivity index (χ2v) is 6.15. The van der Waals surface area contributed by atoms with Gasteiger partial charge in [0, 0.05) is 25.0 Å². The summed E-state index contributed by atoms with van der Waals surface area (Å²) < 4.78 is 45.7. The third kappa shape index (κ3) is 4.16. The second-order valence-electron chi connectivity index (χ2n) is 6.15.